The highest BCUT2D eigenvalue weighted by Gasteiger charge is 2.48. The minimum absolute atomic E-state index is 0.105. The van der Waals surface area contributed by atoms with Crippen LogP contribution in [0, 0.1) is 41.4 Å². The van der Waals surface area contributed by atoms with Crippen LogP contribution < -0.4 is 0 Å². The highest BCUT2D eigenvalue weighted by Crippen LogP contribution is 2.57. The topological polar surface area (TPSA) is 54.4 Å². The highest BCUT2D eigenvalue weighted by atomic mass is 32.2. The Morgan fingerprint density at radius 1 is 0.707 bits per heavy atom. The first-order chi connectivity index (χ1) is 19.5. The van der Waals surface area contributed by atoms with E-state index in [0.29, 0.717) is 22.6 Å². The summed E-state index contributed by atoms with van der Waals surface area (Å²) in [5.74, 6) is 5.43. The second-order valence-corrected chi connectivity index (χ2v) is 18.5. The molecule has 0 heterocycles. The molecule has 9 atom stereocenters. The summed E-state index contributed by atoms with van der Waals surface area (Å²) in [6.45, 7) is 7.33. The van der Waals surface area contributed by atoms with Gasteiger partial charge in [0.05, 0.1) is 0 Å². The minimum Gasteiger partial charge on any atom is -0.282 e. The number of benzene rings is 1. The molecule has 6 fully saturated rings. The molecule has 1 aromatic carbocycles. The smallest absolute Gasteiger partial charge is 0.282 e. The predicted molar refractivity (Wildman–Crippen MR) is 167 cm³/mol. The number of rotatable bonds is 4. The maximum absolute atomic E-state index is 13.6. The average molecular weight is 581 g/mol. The summed E-state index contributed by atoms with van der Waals surface area (Å²) in [6, 6.07) is 4.74. The summed E-state index contributed by atoms with van der Waals surface area (Å²) in [5, 5.41) is 0. The van der Waals surface area contributed by atoms with Gasteiger partial charge in [0.15, 0.2) is 0 Å². The summed E-state index contributed by atoms with van der Waals surface area (Å²) in [6.07, 6.45) is 22.3. The van der Waals surface area contributed by atoms with Crippen molar-refractivity contribution in [1.29, 1.82) is 0 Å². The fourth-order valence-corrected chi connectivity index (χ4v) is 13.5. The van der Waals surface area contributed by atoms with Gasteiger partial charge < -0.3 is 0 Å². The van der Waals surface area contributed by atoms with Crippen molar-refractivity contribution < 1.29 is 13.0 Å². The van der Waals surface area contributed by atoms with Gasteiger partial charge in [-0.1, -0.05) is 65.0 Å². The number of hydrogen-bond acceptors (Lipinski definition) is 2. The van der Waals surface area contributed by atoms with Crippen LogP contribution in [-0.2, 0) is 20.9 Å². The summed E-state index contributed by atoms with van der Waals surface area (Å²) >= 11 is 0. The van der Waals surface area contributed by atoms with E-state index in [1.54, 1.807) is 0 Å². The summed E-state index contributed by atoms with van der Waals surface area (Å²) in [7, 11) is -4.35. The van der Waals surface area contributed by atoms with Crippen LogP contribution in [0.1, 0.15) is 159 Å². The second-order valence-electron chi connectivity index (χ2n) is 17.1. The highest BCUT2D eigenvalue weighted by molar-refractivity contribution is 7.86. The predicted octanol–water partition coefficient (Wildman–Crippen LogP) is 9.97. The Kier molecular flexibility index (Phi) is 7.49. The van der Waals surface area contributed by atoms with Crippen molar-refractivity contribution in [3.8, 4) is 0 Å². The van der Waals surface area contributed by atoms with Crippen molar-refractivity contribution >= 4 is 10.1 Å². The monoisotopic (exact) mass is 580 g/mol. The van der Waals surface area contributed by atoms with Gasteiger partial charge >= 0.3 is 0 Å². The molecular formula is C37H56O3S. The lowest BCUT2D eigenvalue weighted by atomic mass is 9.55. The molecule has 4 heteroatoms. The van der Waals surface area contributed by atoms with Crippen LogP contribution in [0.5, 0.6) is 0 Å². The number of hydrogen-bond donors (Lipinski definition) is 1. The SMILES string of the molecule is CC1CC2CCC(c3cc(C4(C)CC5CCCC(C5)C4)cc([C@@]45CCCC(CC(C)C4)C5)c3S(=O)(=O)O)CC(C1)C2. The van der Waals surface area contributed by atoms with E-state index in [-0.39, 0.29) is 16.7 Å². The molecule has 0 amide bonds. The lowest BCUT2D eigenvalue weighted by Crippen LogP contribution is -2.42. The Hall–Kier alpha value is -0.870. The Bertz CT molecular complexity index is 1230. The molecule has 0 spiro atoms. The van der Waals surface area contributed by atoms with Crippen molar-refractivity contribution in [3.63, 3.8) is 0 Å². The molecule has 3 nitrogen and oxygen atoms in total. The molecule has 0 aromatic heterocycles. The van der Waals surface area contributed by atoms with Gasteiger partial charge in [0.25, 0.3) is 10.1 Å². The standard InChI is InChI=1S/C37H56O3S/c1-24-12-26-9-10-31(17-30(13-24)15-26)33-18-32(36(3)21-28-6-4-7-29(16-28)22-36)19-34(35(33)41(38,39)40)37-11-5-8-27(23-37)14-25(2)20-37/h18-19,24-31H,4-17,20-23H2,1-3H3,(H,38,39,40)/t24?,25?,26?,27?,28?,29?,30?,31?,36?,37-/m0/s1. The lowest BCUT2D eigenvalue weighted by Gasteiger charge is -2.50. The van der Waals surface area contributed by atoms with Gasteiger partial charge in [-0.3, -0.25) is 4.55 Å². The van der Waals surface area contributed by atoms with Gasteiger partial charge in [-0.15, -0.1) is 0 Å². The molecular weight excluding hydrogens is 524 g/mol. The Balaban J connectivity index is 1.41. The zero-order valence-electron chi connectivity index (χ0n) is 26.2. The first-order valence-electron chi connectivity index (χ1n) is 17.7. The Morgan fingerprint density at radius 3 is 2.12 bits per heavy atom. The van der Waals surface area contributed by atoms with Crippen LogP contribution in [0.4, 0.5) is 0 Å². The lowest BCUT2D eigenvalue weighted by molar-refractivity contribution is 0.106. The molecule has 6 saturated carbocycles. The van der Waals surface area contributed by atoms with Crippen LogP contribution >= 0.6 is 0 Å². The normalized spacial score (nSPS) is 44.7. The third-order valence-electron chi connectivity index (χ3n) is 13.6. The van der Waals surface area contributed by atoms with Gasteiger partial charge in [0, 0.05) is 0 Å². The van der Waals surface area contributed by atoms with Crippen LogP contribution in [0.15, 0.2) is 17.0 Å². The first-order valence-corrected chi connectivity index (χ1v) is 19.1. The molecule has 0 radical (unpaired) electrons. The molecule has 0 aliphatic heterocycles. The van der Waals surface area contributed by atoms with Crippen LogP contribution in [0.2, 0.25) is 0 Å². The molecule has 7 rings (SSSR count). The molecule has 41 heavy (non-hydrogen) atoms. The molecule has 6 aliphatic carbocycles. The van der Waals surface area contributed by atoms with Crippen molar-refractivity contribution in [3.05, 3.63) is 28.8 Å². The van der Waals surface area contributed by atoms with E-state index < -0.39 is 10.1 Å². The second kappa shape index (κ2) is 10.6. The van der Waals surface area contributed by atoms with E-state index in [1.807, 2.05) is 0 Å². The first kappa shape index (κ1) is 28.9. The van der Waals surface area contributed by atoms with Crippen LogP contribution in [0.25, 0.3) is 0 Å². The van der Waals surface area contributed by atoms with E-state index in [1.165, 1.54) is 89.0 Å². The van der Waals surface area contributed by atoms with E-state index in [4.69, 9.17) is 0 Å². The fraction of sp³-hybridized carbons (Fsp3) is 0.838. The average Bonchev–Trinajstić information content (AvgIpc) is 3.04. The molecule has 1 N–H and O–H groups in total. The largest absolute Gasteiger partial charge is 0.295 e. The Labute approximate surface area is 250 Å². The van der Waals surface area contributed by atoms with Gasteiger partial charge in [0.2, 0.25) is 0 Å². The van der Waals surface area contributed by atoms with E-state index in [9.17, 15) is 13.0 Å². The van der Waals surface area contributed by atoms with Crippen molar-refractivity contribution in [2.45, 2.75) is 158 Å². The number of fused-ring (bicyclic) bond motifs is 6. The molecule has 6 bridgehead atoms. The zero-order valence-corrected chi connectivity index (χ0v) is 27.0. The molecule has 0 saturated heterocycles. The fourth-order valence-electron chi connectivity index (χ4n) is 12.5. The van der Waals surface area contributed by atoms with E-state index in [0.717, 1.165) is 66.9 Å². The molecule has 228 valence electrons. The maximum atomic E-state index is 13.6. The van der Waals surface area contributed by atoms with Crippen LogP contribution in [-0.4, -0.2) is 13.0 Å². The van der Waals surface area contributed by atoms with E-state index in [2.05, 4.69) is 32.9 Å². The third kappa shape index (κ3) is 5.49. The van der Waals surface area contributed by atoms with Crippen molar-refractivity contribution in [2.24, 2.45) is 41.4 Å². The van der Waals surface area contributed by atoms with Gasteiger partial charge in [-0.25, -0.2) is 0 Å². The van der Waals surface area contributed by atoms with Gasteiger partial charge in [-0.2, -0.15) is 8.42 Å². The maximum Gasteiger partial charge on any atom is 0.295 e. The summed E-state index contributed by atoms with van der Waals surface area (Å²) in [4.78, 5) is 0.366. The molecule has 1 aromatic rings. The van der Waals surface area contributed by atoms with Crippen LogP contribution in [0.3, 0.4) is 0 Å². The minimum atomic E-state index is -4.35. The van der Waals surface area contributed by atoms with Crippen molar-refractivity contribution in [1.82, 2.24) is 0 Å². The molecule has 8 unspecified atom stereocenters. The molecule has 6 aliphatic rings. The Morgan fingerprint density at radius 2 is 1.37 bits per heavy atom. The van der Waals surface area contributed by atoms with Gasteiger partial charge in [-0.05, 0) is 158 Å². The zero-order chi connectivity index (χ0) is 28.6. The van der Waals surface area contributed by atoms with Crippen molar-refractivity contribution in [2.75, 3.05) is 0 Å². The quantitative estimate of drug-likeness (QED) is 0.361. The van der Waals surface area contributed by atoms with E-state index >= 15 is 0 Å². The summed E-state index contributed by atoms with van der Waals surface area (Å²) in [5.41, 5.74) is 3.48. The summed E-state index contributed by atoms with van der Waals surface area (Å²) < 4.78 is 38.4. The van der Waals surface area contributed by atoms with Gasteiger partial charge in [0.1, 0.15) is 4.90 Å². The third-order valence-corrected chi connectivity index (χ3v) is 14.5.